The van der Waals surface area contributed by atoms with Crippen molar-refractivity contribution in [3.63, 3.8) is 0 Å². The van der Waals surface area contributed by atoms with E-state index >= 15 is 0 Å². The number of nitrogens with two attached hydrogens (primary N) is 1. The minimum absolute atomic E-state index is 0.217. The molecule has 20 heavy (non-hydrogen) atoms. The molecule has 0 aliphatic heterocycles. The fourth-order valence-corrected chi connectivity index (χ4v) is 2.43. The lowest BCUT2D eigenvalue weighted by Gasteiger charge is -2.17. The second-order valence-corrected chi connectivity index (χ2v) is 5.44. The third kappa shape index (κ3) is 2.95. The first-order valence-electron chi connectivity index (χ1n) is 5.67. The Hall–Kier alpha value is -1.17. The molecular formula is C14H11BrClF2NO. The zero-order valence-corrected chi connectivity index (χ0v) is 12.8. The van der Waals surface area contributed by atoms with Gasteiger partial charge >= 0.3 is 0 Å². The summed E-state index contributed by atoms with van der Waals surface area (Å²) in [6.45, 7) is 0. The first kappa shape index (κ1) is 15.2. The van der Waals surface area contributed by atoms with Gasteiger partial charge in [-0.1, -0.05) is 11.6 Å². The zero-order valence-electron chi connectivity index (χ0n) is 10.5. The molecule has 0 bridgehead atoms. The summed E-state index contributed by atoms with van der Waals surface area (Å²) in [6, 6.07) is 5.97. The molecule has 0 heterocycles. The zero-order chi connectivity index (χ0) is 14.9. The molecule has 0 spiro atoms. The van der Waals surface area contributed by atoms with Crippen molar-refractivity contribution in [3.05, 3.63) is 62.6 Å². The second-order valence-electron chi connectivity index (χ2n) is 4.15. The Labute approximate surface area is 128 Å². The highest BCUT2D eigenvalue weighted by molar-refractivity contribution is 9.10. The van der Waals surface area contributed by atoms with Crippen LogP contribution in [0.5, 0.6) is 5.75 Å². The molecule has 2 rings (SSSR count). The normalized spacial score (nSPS) is 12.3. The molecule has 2 aromatic rings. The van der Waals surface area contributed by atoms with Crippen LogP contribution in [-0.4, -0.2) is 7.11 Å². The third-order valence-corrected chi connectivity index (χ3v) is 3.74. The molecule has 0 aliphatic carbocycles. The van der Waals surface area contributed by atoms with Crippen LogP contribution in [0.1, 0.15) is 17.2 Å². The summed E-state index contributed by atoms with van der Waals surface area (Å²) in [7, 11) is 1.40. The highest BCUT2D eigenvalue weighted by atomic mass is 79.9. The SMILES string of the molecule is COc1cc(F)c(Br)cc1C(N)c1cc(Cl)ccc1F. The van der Waals surface area contributed by atoms with E-state index in [4.69, 9.17) is 22.1 Å². The standard InChI is InChI=1S/C14H11BrClF2NO/c1-20-13-6-12(18)10(15)5-9(13)14(19)8-4-7(16)2-3-11(8)17/h2-6,14H,19H2,1H3. The molecule has 0 fully saturated rings. The van der Waals surface area contributed by atoms with E-state index in [9.17, 15) is 8.78 Å². The van der Waals surface area contributed by atoms with Crippen LogP contribution in [0.2, 0.25) is 5.02 Å². The minimum Gasteiger partial charge on any atom is -0.496 e. The number of methoxy groups -OCH3 is 1. The van der Waals surface area contributed by atoms with E-state index in [-0.39, 0.29) is 15.8 Å². The predicted molar refractivity (Wildman–Crippen MR) is 78.1 cm³/mol. The smallest absolute Gasteiger partial charge is 0.141 e. The van der Waals surface area contributed by atoms with Crippen LogP contribution in [0.4, 0.5) is 8.78 Å². The Morgan fingerprint density at radius 1 is 1.15 bits per heavy atom. The van der Waals surface area contributed by atoms with E-state index in [1.807, 2.05) is 0 Å². The van der Waals surface area contributed by atoms with Gasteiger partial charge in [-0.3, -0.25) is 0 Å². The molecule has 1 atom stereocenters. The number of ether oxygens (including phenoxy) is 1. The fraction of sp³-hybridized carbons (Fsp3) is 0.143. The van der Waals surface area contributed by atoms with Crippen molar-refractivity contribution < 1.29 is 13.5 Å². The highest BCUT2D eigenvalue weighted by Gasteiger charge is 2.20. The highest BCUT2D eigenvalue weighted by Crippen LogP contribution is 2.34. The maximum Gasteiger partial charge on any atom is 0.141 e. The van der Waals surface area contributed by atoms with Crippen LogP contribution in [0.25, 0.3) is 0 Å². The van der Waals surface area contributed by atoms with Crippen LogP contribution in [0, 0.1) is 11.6 Å². The quantitative estimate of drug-likeness (QED) is 0.876. The molecular weight excluding hydrogens is 352 g/mol. The summed E-state index contributed by atoms with van der Waals surface area (Å²) < 4.78 is 32.7. The van der Waals surface area contributed by atoms with Gasteiger partial charge in [0.25, 0.3) is 0 Å². The topological polar surface area (TPSA) is 35.2 Å². The summed E-state index contributed by atoms with van der Waals surface area (Å²) in [5.41, 5.74) is 6.74. The molecule has 106 valence electrons. The van der Waals surface area contributed by atoms with Crippen molar-refractivity contribution in [2.24, 2.45) is 5.73 Å². The number of rotatable bonds is 3. The third-order valence-electron chi connectivity index (χ3n) is 2.90. The van der Waals surface area contributed by atoms with Gasteiger partial charge in [-0.25, -0.2) is 8.78 Å². The Morgan fingerprint density at radius 3 is 2.50 bits per heavy atom. The van der Waals surface area contributed by atoms with E-state index in [2.05, 4.69) is 15.9 Å². The average molecular weight is 363 g/mol. The molecule has 0 aromatic heterocycles. The van der Waals surface area contributed by atoms with Crippen molar-refractivity contribution in [1.29, 1.82) is 0 Å². The first-order chi connectivity index (χ1) is 9.43. The summed E-state index contributed by atoms with van der Waals surface area (Å²) in [6.07, 6.45) is 0. The summed E-state index contributed by atoms with van der Waals surface area (Å²) in [5.74, 6) is -0.716. The van der Waals surface area contributed by atoms with Crippen molar-refractivity contribution in [1.82, 2.24) is 0 Å². The monoisotopic (exact) mass is 361 g/mol. The molecule has 0 amide bonds. The molecule has 2 aromatic carbocycles. The molecule has 0 radical (unpaired) electrons. The van der Waals surface area contributed by atoms with E-state index < -0.39 is 17.7 Å². The summed E-state index contributed by atoms with van der Waals surface area (Å²) >= 11 is 8.93. The van der Waals surface area contributed by atoms with Crippen molar-refractivity contribution in [2.45, 2.75) is 6.04 Å². The Morgan fingerprint density at radius 2 is 1.85 bits per heavy atom. The van der Waals surface area contributed by atoms with Gasteiger partial charge in [0, 0.05) is 22.2 Å². The lowest BCUT2D eigenvalue weighted by Crippen LogP contribution is -2.15. The van der Waals surface area contributed by atoms with Gasteiger partial charge in [-0.15, -0.1) is 0 Å². The lowest BCUT2D eigenvalue weighted by atomic mass is 9.98. The summed E-state index contributed by atoms with van der Waals surface area (Å²) in [4.78, 5) is 0. The number of hydrogen-bond donors (Lipinski definition) is 1. The van der Waals surface area contributed by atoms with Crippen LogP contribution in [-0.2, 0) is 0 Å². The van der Waals surface area contributed by atoms with Gasteiger partial charge in [-0.05, 0) is 40.2 Å². The Kier molecular flexibility index (Phi) is 4.62. The molecule has 0 aliphatic rings. The van der Waals surface area contributed by atoms with Crippen LogP contribution < -0.4 is 10.5 Å². The number of benzene rings is 2. The Balaban J connectivity index is 2.55. The van der Waals surface area contributed by atoms with E-state index in [0.717, 1.165) is 0 Å². The van der Waals surface area contributed by atoms with Gasteiger partial charge in [0.1, 0.15) is 17.4 Å². The van der Waals surface area contributed by atoms with Crippen LogP contribution in [0.3, 0.4) is 0 Å². The number of halogens is 4. The molecule has 2 N–H and O–H groups in total. The van der Waals surface area contributed by atoms with Gasteiger partial charge in [0.05, 0.1) is 17.6 Å². The average Bonchev–Trinajstić information content (AvgIpc) is 2.43. The first-order valence-corrected chi connectivity index (χ1v) is 6.84. The molecule has 6 heteroatoms. The Bertz CT molecular complexity index is 651. The fourth-order valence-electron chi connectivity index (χ4n) is 1.88. The van der Waals surface area contributed by atoms with E-state index in [1.165, 1.54) is 37.4 Å². The van der Waals surface area contributed by atoms with Crippen LogP contribution in [0.15, 0.2) is 34.8 Å². The van der Waals surface area contributed by atoms with E-state index in [0.29, 0.717) is 10.6 Å². The van der Waals surface area contributed by atoms with Crippen LogP contribution >= 0.6 is 27.5 Å². The molecule has 2 nitrogen and oxygen atoms in total. The molecule has 1 unspecified atom stereocenters. The number of hydrogen-bond acceptors (Lipinski definition) is 2. The van der Waals surface area contributed by atoms with Gasteiger partial charge in [0.2, 0.25) is 0 Å². The van der Waals surface area contributed by atoms with Crippen molar-refractivity contribution >= 4 is 27.5 Å². The molecule has 0 saturated heterocycles. The largest absolute Gasteiger partial charge is 0.496 e. The predicted octanol–water partition coefficient (Wildman–Crippen LogP) is 4.44. The van der Waals surface area contributed by atoms with Gasteiger partial charge in [0.15, 0.2) is 0 Å². The lowest BCUT2D eigenvalue weighted by molar-refractivity contribution is 0.403. The van der Waals surface area contributed by atoms with Gasteiger partial charge < -0.3 is 10.5 Å². The van der Waals surface area contributed by atoms with E-state index in [1.54, 1.807) is 0 Å². The second kappa shape index (κ2) is 6.08. The maximum atomic E-state index is 13.9. The van der Waals surface area contributed by atoms with Gasteiger partial charge in [-0.2, -0.15) is 0 Å². The maximum absolute atomic E-state index is 13.9. The summed E-state index contributed by atoms with van der Waals surface area (Å²) in [5, 5.41) is 0.372. The molecule has 0 saturated carbocycles. The van der Waals surface area contributed by atoms with Crippen molar-refractivity contribution in [2.75, 3.05) is 7.11 Å². The van der Waals surface area contributed by atoms with Crippen molar-refractivity contribution in [3.8, 4) is 5.75 Å². The minimum atomic E-state index is -0.819.